The fourth-order valence-electron chi connectivity index (χ4n) is 4.07. The molecule has 0 heterocycles. The molecule has 0 aliphatic heterocycles. The molecule has 40 heavy (non-hydrogen) atoms. The van der Waals surface area contributed by atoms with E-state index in [0.717, 1.165) is 9.87 Å². The maximum atomic E-state index is 14.0. The highest BCUT2D eigenvalue weighted by atomic mass is 35.5. The summed E-state index contributed by atoms with van der Waals surface area (Å²) >= 11 is 12.5. The summed E-state index contributed by atoms with van der Waals surface area (Å²) in [7, 11) is -4.18. The van der Waals surface area contributed by atoms with Crippen LogP contribution in [0.25, 0.3) is 0 Å². The van der Waals surface area contributed by atoms with Crippen LogP contribution in [-0.4, -0.2) is 44.3 Å². The number of halogens is 2. The molecule has 2 amide bonds. The number of aryl methyl sites for hydroxylation is 2. The molecule has 0 unspecified atom stereocenters. The lowest BCUT2D eigenvalue weighted by Gasteiger charge is -2.32. The van der Waals surface area contributed by atoms with Gasteiger partial charge in [0.2, 0.25) is 11.8 Å². The first-order valence-electron chi connectivity index (χ1n) is 13.0. The van der Waals surface area contributed by atoms with Crippen molar-refractivity contribution in [2.24, 2.45) is 5.92 Å². The maximum Gasteiger partial charge on any atom is 0.264 e. The summed E-state index contributed by atoms with van der Waals surface area (Å²) in [5.74, 6) is -0.674. The number of nitrogens with zero attached hydrogens (tertiary/aromatic N) is 2. The molecule has 214 valence electrons. The molecule has 1 N–H and O–H groups in total. The van der Waals surface area contributed by atoms with Gasteiger partial charge in [-0.1, -0.05) is 72.9 Å². The average molecular weight is 605 g/mol. The summed E-state index contributed by atoms with van der Waals surface area (Å²) in [6.07, 6.45) is 0. The molecule has 0 aliphatic carbocycles. The Morgan fingerprint density at radius 2 is 1.55 bits per heavy atom. The van der Waals surface area contributed by atoms with Gasteiger partial charge in [-0.25, -0.2) is 8.42 Å². The van der Waals surface area contributed by atoms with Gasteiger partial charge in [-0.05, 0) is 74.2 Å². The molecule has 0 bridgehead atoms. The zero-order valence-corrected chi connectivity index (χ0v) is 25.6. The zero-order valence-electron chi connectivity index (χ0n) is 23.3. The van der Waals surface area contributed by atoms with Crippen molar-refractivity contribution in [3.8, 4) is 0 Å². The van der Waals surface area contributed by atoms with Crippen LogP contribution in [0, 0.1) is 19.8 Å². The minimum absolute atomic E-state index is 0.0365. The number of rotatable bonds is 11. The predicted octanol–water partition coefficient (Wildman–Crippen LogP) is 6.00. The van der Waals surface area contributed by atoms with Gasteiger partial charge in [0.15, 0.2) is 0 Å². The molecule has 10 heteroatoms. The zero-order chi connectivity index (χ0) is 29.6. The molecule has 0 saturated carbocycles. The second-order valence-electron chi connectivity index (χ2n) is 10.2. The van der Waals surface area contributed by atoms with Crippen LogP contribution in [-0.2, 0) is 26.2 Å². The Morgan fingerprint density at radius 1 is 0.900 bits per heavy atom. The summed E-state index contributed by atoms with van der Waals surface area (Å²) in [4.78, 5) is 28.5. The van der Waals surface area contributed by atoms with E-state index in [2.05, 4.69) is 5.32 Å². The Kier molecular flexibility index (Phi) is 10.6. The minimum Gasteiger partial charge on any atom is -0.354 e. The van der Waals surface area contributed by atoms with Gasteiger partial charge in [0, 0.05) is 23.1 Å². The highest BCUT2D eigenvalue weighted by Gasteiger charge is 2.33. The summed E-state index contributed by atoms with van der Waals surface area (Å²) < 4.78 is 29.0. The fraction of sp³-hybridized carbons (Fsp3) is 0.333. The van der Waals surface area contributed by atoms with Crippen molar-refractivity contribution >= 4 is 50.7 Å². The van der Waals surface area contributed by atoms with Crippen molar-refractivity contribution in [1.29, 1.82) is 0 Å². The molecule has 0 spiro atoms. The largest absolute Gasteiger partial charge is 0.354 e. The number of amides is 2. The van der Waals surface area contributed by atoms with Gasteiger partial charge in [0.25, 0.3) is 10.0 Å². The Bertz CT molecular complexity index is 1460. The van der Waals surface area contributed by atoms with Gasteiger partial charge < -0.3 is 10.2 Å². The molecule has 0 fully saturated rings. The minimum atomic E-state index is -4.18. The third-order valence-corrected chi connectivity index (χ3v) is 8.67. The van der Waals surface area contributed by atoms with Crippen LogP contribution in [0.4, 0.5) is 5.69 Å². The summed E-state index contributed by atoms with van der Waals surface area (Å²) in [6.45, 7) is 9.14. The number of sulfonamides is 1. The second-order valence-corrected chi connectivity index (χ2v) is 13.0. The van der Waals surface area contributed by atoms with Crippen LogP contribution in [0.1, 0.15) is 37.5 Å². The molecule has 1 atom stereocenters. The number of nitrogens with one attached hydrogen (secondary N) is 1. The Labute approximate surface area is 247 Å². The summed E-state index contributed by atoms with van der Waals surface area (Å²) in [6, 6.07) is 17.4. The maximum absolute atomic E-state index is 14.0. The van der Waals surface area contributed by atoms with Gasteiger partial charge in [-0.3, -0.25) is 13.9 Å². The van der Waals surface area contributed by atoms with Gasteiger partial charge in [0.1, 0.15) is 12.6 Å². The van der Waals surface area contributed by atoms with Crippen molar-refractivity contribution < 1.29 is 18.0 Å². The molecule has 0 aliphatic rings. The van der Waals surface area contributed by atoms with Gasteiger partial charge >= 0.3 is 0 Å². The van der Waals surface area contributed by atoms with Crippen molar-refractivity contribution in [2.75, 3.05) is 17.4 Å². The van der Waals surface area contributed by atoms with Crippen LogP contribution < -0.4 is 9.62 Å². The van der Waals surface area contributed by atoms with E-state index in [1.165, 1.54) is 23.1 Å². The molecule has 3 rings (SSSR count). The predicted molar refractivity (Wildman–Crippen MR) is 161 cm³/mol. The van der Waals surface area contributed by atoms with Crippen molar-refractivity contribution in [3.05, 3.63) is 93.5 Å². The number of hydrogen-bond acceptors (Lipinski definition) is 4. The first-order valence-corrected chi connectivity index (χ1v) is 15.2. The van der Waals surface area contributed by atoms with E-state index >= 15 is 0 Å². The highest BCUT2D eigenvalue weighted by Crippen LogP contribution is 2.30. The van der Waals surface area contributed by atoms with Gasteiger partial charge in [-0.15, -0.1) is 0 Å². The monoisotopic (exact) mass is 603 g/mol. The van der Waals surface area contributed by atoms with E-state index in [9.17, 15) is 18.0 Å². The Hall–Kier alpha value is -3.07. The van der Waals surface area contributed by atoms with Crippen molar-refractivity contribution in [2.45, 2.75) is 52.1 Å². The molecule has 7 nitrogen and oxygen atoms in total. The first kappa shape index (κ1) is 31.5. The number of hydrogen-bond donors (Lipinski definition) is 1. The van der Waals surface area contributed by atoms with Crippen LogP contribution >= 0.6 is 23.2 Å². The molecular weight excluding hydrogens is 569 g/mol. The highest BCUT2D eigenvalue weighted by molar-refractivity contribution is 7.92. The topological polar surface area (TPSA) is 86.8 Å². The van der Waals surface area contributed by atoms with Crippen molar-refractivity contribution in [1.82, 2.24) is 10.2 Å². The van der Waals surface area contributed by atoms with Crippen molar-refractivity contribution in [3.63, 3.8) is 0 Å². The Morgan fingerprint density at radius 3 is 2.17 bits per heavy atom. The van der Waals surface area contributed by atoms with E-state index in [-0.39, 0.29) is 29.0 Å². The fourth-order valence-corrected chi connectivity index (χ4v) is 5.92. The lowest BCUT2D eigenvalue weighted by atomic mass is 10.1. The SMILES string of the molecule is Cc1ccc(S(=O)(=O)N(CC(=O)N(Cc2cccc(Cl)c2)[C@@H](C)C(=O)NCC(C)C)c2cc(Cl)ccc2C)cc1. The quantitative estimate of drug-likeness (QED) is 0.291. The normalized spacial score (nSPS) is 12.2. The number of carbonyl (C=O) groups is 2. The molecule has 3 aromatic carbocycles. The van der Waals surface area contributed by atoms with Crippen LogP contribution in [0.15, 0.2) is 71.6 Å². The number of anilines is 1. The second kappa shape index (κ2) is 13.5. The third-order valence-electron chi connectivity index (χ3n) is 6.42. The molecule has 0 aromatic heterocycles. The van der Waals surface area contributed by atoms with Gasteiger partial charge in [0.05, 0.1) is 10.6 Å². The standard InChI is InChI=1S/C30H35Cl2N3O4S/c1-20(2)17-33-30(37)23(5)34(18-24-7-6-8-25(31)15-24)29(36)19-35(28-16-26(32)12-11-22(28)4)40(38,39)27-13-9-21(3)10-14-27/h6-16,20,23H,17-19H2,1-5H3,(H,33,37)/t23-/m0/s1. The third kappa shape index (κ3) is 7.99. The van der Waals surface area contributed by atoms with E-state index in [4.69, 9.17) is 23.2 Å². The summed E-state index contributed by atoms with van der Waals surface area (Å²) in [5, 5.41) is 3.68. The van der Waals surface area contributed by atoms with E-state index in [1.54, 1.807) is 62.4 Å². The summed E-state index contributed by atoms with van der Waals surface area (Å²) in [5.41, 5.74) is 2.50. The number of benzene rings is 3. The first-order chi connectivity index (χ1) is 18.8. The average Bonchev–Trinajstić information content (AvgIpc) is 2.90. The lowest BCUT2D eigenvalue weighted by molar-refractivity contribution is -0.139. The van der Waals surface area contributed by atoms with E-state index in [0.29, 0.717) is 27.7 Å². The molecular formula is C30H35Cl2N3O4S. The molecule has 3 aromatic rings. The van der Waals surface area contributed by atoms with Crippen LogP contribution in [0.2, 0.25) is 10.0 Å². The Balaban J connectivity index is 2.06. The lowest BCUT2D eigenvalue weighted by Crippen LogP contribution is -2.51. The molecule has 0 saturated heterocycles. The van der Waals surface area contributed by atoms with Gasteiger partial charge in [-0.2, -0.15) is 0 Å². The number of carbonyl (C=O) groups excluding carboxylic acids is 2. The van der Waals surface area contributed by atoms with Crippen LogP contribution in [0.5, 0.6) is 0 Å². The van der Waals surface area contributed by atoms with E-state index < -0.39 is 28.5 Å². The molecule has 0 radical (unpaired) electrons. The smallest absolute Gasteiger partial charge is 0.264 e. The van der Waals surface area contributed by atoms with Crippen LogP contribution in [0.3, 0.4) is 0 Å². The van der Waals surface area contributed by atoms with E-state index in [1.807, 2.05) is 20.8 Å².